The minimum atomic E-state index is -4.28. The summed E-state index contributed by atoms with van der Waals surface area (Å²) in [5.74, 6) is 0.173. The van der Waals surface area contributed by atoms with Crippen molar-refractivity contribution >= 4 is 17.4 Å². The van der Waals surface area contributed by atoms with E-state index in [-0.39, 0.29) is 16.9 Å². The van der Waals surface area contributed by atoms with Crippen LogP contribution in [0.2, 0.25) is 5.15 Å². The van der Waals surface area contributed by atoms with Crippen molar-refractivity contribution < 1.29 is 13.2 Å². The van der Waals surface area contributed by atoms with Gasteiger partial charge in [0.2, 0.25) is 0 Å². The third kappa shape index (κ3) is 3.73. The number of hydrogen-bond donors (Lipinski definition) is 0. The molecule has 0 saturated heterocycles. The molecule has 1 rings (SSSR count). The Labute approximate surface area is 103 Å². The molecule has 3 nitrogen and oxygen atoms in total. The van der Waals surface area contributed by atoms with Crippen LogP contribution in [-0.2, 0) is 0 Å². The fourth-order valence-corrected chi connectivity index (χ4v) is 1.86. The molecule has 0 unspecified atom stereocenters. The molecule has 0 spiro atoms. The summed E-state index contributed by atoms with van der Waals surface area (Å²) in [6.07, 6.45) is -3.11. The van der Waals surface area contributed by atoms with Gasteiger partial charge in [0.15, 0.2) is 0 Å². The van der Waals surface area contributed by atoms with Crippen molar-refractivity contribution in [2.45, 2.75) is 25.9 Å². The summed E-state index contributed by atoms with van der Waals surface area (Å²) in [6.45, 7) is 2.59. The highest BCUT2D eigenvalue weighted by molar-refractivity contribution is 6.30. The first kappa shape index (κ1) is 14.0. The van der Waals surface area contributed by atoms with E-state index in [2.05, 4.69) is 9.97 Å². The van der Waals surface area contributed by atoms with Crippen LogP contribution in [0.25, 0.3) is 0 Å². The van der Waals surface area contributed by atoms with Crippen molar-refractivity contribution in [2.75, 3.05) is 18.5 Å². The Morgan fingerprint density at radius 3 is 2.41 bits per heavy atom. The molecule has 1 aromatic heterocycles. The van der Waals surface area contributed by atoms with Gasteiger partial charge in [-0.1, -0.05) is 25.4 Å². The zero-order chi connectivity index (χ0) is 13.2. The largest absolute Gasteiger partial charge is 0.405 e. The molecular weight excluding hydrogens is 255 g/mol. The molecule has 0 bridgehead atoms. The Kier molecular flexibility index (Phi) is 4.19. The Morgan fingerprint density at radius 2 is 1.94 bits per heavy atom. The number of aromatic nitrogens is 2. The van der Waals surface area contributed by atoms with Crippen LogP contribution in [0.5, 0.6) is 0 Å². The number of halogens is 4. The molecule has 7 heteroatoms. The summed E-state index contributed by atoms with van der Waals surface area (Å²) in [4.78, 5) is 8.69. The van der Waals surface area contributed by atoms with Crippen molar-refractivity contribution in [3.05, 3.63) is 17.0 Å². The maximum atomic E-state index is 12.3. The fourth-order valence-electron chi connectivity index (χ4n) is 1.51. The number of anilines is 1. The van der Waals surface area contributed by atoms with Crippen molar-refractivity contribution in [2.24, 2.45) is 0 Å². The lowest BCUT2D eigenvalue weighted by atomic mass is 10.1. The van der Waals surface area contributed by atoms with E-state index in [0.717, 1.165) is 11.2 Å². The van der Waals surface area contributed by atoms with Crippen LogP contribution in [0.4, 0.5) is 19.0 Å². The summed E-state index contributed by atoms with van der Waals surface area (Å²) in [6, 6.07) is 0. The van der Waals surface area contributed by atoms with Crippen LogP contribution < -0.4 is 4.90 Å². The van der Waals surface area contributed by atoms with E-state index in [9.17, 15) is 13.2 Å². The molecule has 0 aromatic carbocycles. The first-order valence-electron chi connectivity index (χ1n) is 5.00. The smallest absolute Gasteiger partial charge is 0.350 e. The summed E-state index contributed by atoms with van der Waals surface area (Å²) in [5.41, 5.74) is 0.529. The van der Waals surface area contributed by atoms with Gasteiger partial charge in [0.1, 0.15) is 23.8 Å². The van der Waals surface area contributed by atoms with E-state index in [1.807, 2.05) is 13.8 Å². The van der Waals surface area contributed by atoms with Gasteiger partial charge in [0.25, 0.3) is 0 Å². The van der Waals surface area contributed by atoms with Gasteiger partial charge < -0.3 is 4.90 Å². The van der Waals surface area contributed by atoms with E-state index in [1.165, 1.54) is 7.05 Å². The van der Waals surface area contributed by atoms with Gasteiger partial charge in [-0.25, -0.2) is 9.97 Å². The lowest BCUT2D eigenvalue weighted by Crippen LogP contribution is -2.32. The second kappa shape index (κ2) is 5.08. The van der Waals surface area contributed by atoms with E-state index in [0.29, 0.717) is 5.56 Å². The van der Waals surface area contributed by atoms with Crippen LogP contribution >= 0.6 is 11.6 Å². The standard InChI is InChI=1S/C10H13ClF3N3/c1-6(2)7-8(11)15-5-16-9(7)17(3)4-10(12,13)14/h5-6H,4H2,1-3H3. The van der Waals surface area contributed by atoms with Crippen LogP contribution in [0.1, 0.15) is 25.3 Å². The average Bonchev–Trinajstić information content (AvgIpc) is 2.13. The normalized spacial score (nSPS) is 12.0. The fraction of sp³-hybridized carbons (Fsp3) is 0.600. The Hall–Kier alpha value is -1.04. The molecule has 0 aliphatic rings. The Bertz CT molecular complexity index is 393. The van der Waals surface area contributed by atoms with Crippen LogP contribution in [0, 0.1) is 0 Å². The quantitative estimate of drug-likeness (QED) is 0.787. The third-order valence-electron chi connectivity index (χ3n) is 2.17. The summed E-state index contributed by atoms with van der Waals surface area (Å²) >= 11 is 5.88. The maximum Gasteiger partial charge on any atom is 0.405 e. The summed E-state index contributed by atoms with van der Waals surface area (Å²) < 4.78 is 36.9. The predicted octanol–water partition coefficient (Wildman–Crippen LogP) is 3.25. The first-order chi connectivity index (χ1) is 7.72. The molecule has 0 fully saturated rings. The number of nitrogens with zero attached hydrogens (tertiary/aromatic N) is 3. The minimum Gasteiger partial charge on any atom is -0.350 e. The maximum absolute atomic E-state index is 12.3. The highest BCUT2D eigenvalue weighted by Gasteiger charge is 2.31. The molecule has 17 heavy (non-hydrogen) atoms. The van der Waals surface area contributed by atoms with Crippen molar-refractivity contribution in [1.82, 2.24) is 9.97 Å². The average molecular weight is 268 g/mol. The second-order valence-electron chi connectivity index (χ2n) is 4.03. The molecule has 0 aliphatic heterocycles. The summed E-state index contributed by atoms with van der Waals surface area (Å²) in [5, 5.41) is 0.194. The zero-order valence-electron chi connectivity index (χ0n) is 9.72. The molecule has 0 atom stereocenters. The molecule has 0 saturated carbocycles. The molecule has 0 radical (unpaired) electrons. The Morgan fingerprint density at radius 1 is 1.35 bits per heavy atom. The first-order valence-corrected chi connectivity index (χ1v) is 5.38. The van der Waals surface area contributed by atoms with Gasteiger partial charge in [-0.05, 0) is 5.92 Å². The van der Waals surface area contributed by atoms with Gasteiger partial charge in [-0.2, -0.15) is 13.2 Å². The topological polar surface area (TPSA) is 29.0 Å². The van der Waals surface area contributed by atoms with Crippen LogP contribution in [0.3, 0.4) is 0 Å². The summed E-state index contributed by atoms with van der Waals surface area (Å²) in [7, 11) is 1.33. The molecule has 0 N–H and O–H groups in total. The molecule has 0 amide bonds. The minimum absolute atomic E-state index is 0.0469. The monoisotopic (exact) mass is 267 g/mol. The second-order valence-corrected chi connectivity index (χ2v) is 4.39. The molecule has 96 valence electrons. The van der Waals surface area contributed by atoms with E-state index in [1.54, 1.807) is 0 Å². The van der Waals surface area contributed by atoms with Crippen molar-refractivity contribution in [1.29, 1.82) is 0 Å². The third-order valence-corrected chi connectivity index (χ3v) is 2.47. The molecule has 1 heterocycles. The number of rotatable bonds is 3. The molecule has 0 aliphatic carbocycles. The highest BCUT2D eigenvalue weighted by atomic mass is 35.5. The molecule has 1 aromatic rings. The van der Waals surface area contributed by atoms with Gasteiger partial charge in [0.05, 0.1) is 0 Å². The van der Waals surface area contributed by atoms with Crippen LogP contribution in [0.15, 0.2) is 6.33 Å². The molecular formula is C10H13ClF3N3. The SMILES string of the molecule is CC(C)c1c(Cl)ncnc1N(C)CC(F)(F)F. The number of hydrogen-bond acceptors (Lipinski definition) is 3. The van der Waals surface area contributed by atoms with Crippen molar-refractivity contribution in [3.63, 3.8) is 0 Å². The Balaban J connectivity index is 3.09. The van der Waals surface area contributed by atoms with Gasteiger partial charge in [0, 0.05) is 12.6 Å². The van der Waals surface area contributed by atoms with Gasteiger partial charge >= 0.3 is 6.18 Å². The number of alkyl halides is 3. The zero-order valence-corrected chi connectivity index (χ0v) is 10.5. The predicted molar refractivity (Wildman–Crippen MR) is 60.5 cm³/mol. The lowest BCUT2D eigenvalue weighted by molar-refractivity contribution is -0.119. The van der Waals surface area contributed by atoms with Crippen molar-refractivity contribution in [3.8, 4) is 0 Å². The lowest BCUT2D eigenvalue weighted by Gasteiger charge is -2.23. The highest BCUT2D eigenvalue weighted by Crippen LogP contribution is 2.31. The van der Waals surface area contributed by atoms with Gasteiger partial charge in [-0.3, -0.25) is 0 Å². The van der Waals surface area contributed by atoms with Gasteiger partial charge in [-0.15, -0.1) is 0 Å². The van der Waals surface area contributed by atoms with E-state index >= 15 is 0 Å². The van der Waals surface area contributed by atoms with E-state index < -0.39 is 12.7 Å². The van der Waals surface area contributed by atoms with E-state index in [4.69, 9.17) is 11.6 Å². The van der Waals surface area contributed by atoms with Crippen LogP contribution in [-0.4, -0.2) is 29.7 Å².